The minimum absolute atomic E-state index is 0.0302. The number of carbonyl (C=O) groups is 4. The van der Waals surface area contributed by atoms with E-state index in [9.17, 15) is 72.9 Å². The molecule has 26 nitrogen and oxygen atoms in total. The van der Waals surface area contributed by atoms with Gasteiger partial charge in [-0.05, 0) is 173 Å². The minimum Gasteiger partial charge on any atom is -0.484 e. The summed E-state index contributed by atoms with van der Waals surface area (Å²) in [7, 11) is -7.84. The van der Waals surface area contributed by atoms with Gasteiger partial charge in [-0.25, -0.2) is 35.9 Å². The number of amides is 6. The van der Waals surface area contributed by atoms with E-state index in [-0.39, 0.29) is 113 Å². The lowest BCUT2D eigenvalue weighted by atomic mass is 10.0. The van der Waals surface area contributed by atoms with Gasteiger partial charge in [-0.15, -0.1) is 0 Å². The molecule has 6 aliphatic rings. The highest BCUT2D eigenvalue weighted by Gasteiger charge is 2.48. The molecule has 4 heterocycles. The van der Waals surface area contributed by atoms with Crippen LogP contribution in [0.25, 0.3) is 0 Å². The second kappa shape index (κ2) is 35.8. The van der Waals surface area contributed by atoms with Crippen LogP contribution in [0.5, 0.6) is 11.5 Å². The average Bonchev–Trinajstić information content (AvgIpc) is 1.61. The molecule has 4 saturated heterocycles. The zero-order valence-electron chi connectivity index (χ0n) is 56.9. The van der Waals surface area contributed by atoms with E-state index in [1.54, 1.807) is 24.3 Å². The van der Waals surface area contributed by atoms with Crippen LogP contribution in [0.15, 0.2) is 82.6 Å². The lowest BCUT2D eigenvalue weighted by molar-refractivity contribution is -0.187. The van der Waals surface area contributed by atoms with Crippen LogP contribution in [0.2, 0.25) is 10.0 Å². The number of fused-ring (bicyclic) bond motifs is 2. The number of piperidine rings is 2. The van der Waals surface area contributed by atoms with E-state index in [1.165, 1.54) is 48.5 Å². The summed E-state index contributed by atoms with van der Waals surface area (Å²) in [5, 5.41) is 31.5. The quantitative estimate of drug-likeness (QED) is 0.0275. The Labute approximate surface area is 609 Å². The van der Waals surface area contributed by atoms with Gasteiger partial charge in [0.05, 0.1) is 71.6 Å². The summed E-state index contributed by atoms with van der Waals surface area (Å²) in [5.41, 5.74) is 3.38. The average molecular weight is 1540 g/mol. The van der Waals surface area contributed by atoms with Gasteiger partial charge in [-0.2, -0.15) is 36.9 Å². The van der Waals surface area contributed by atoms with Crippen molar-refractivity contribution in [2.45, 2.75) is 110 Å². The lowest BCUT2D eigenvalue weighted by Crippen LogP contribution is -2.55. The number of ether oxygens (including phenoxy) is 4. The fraction of sp³-hybridized carbons (Fsp3) is 0.559. The van der Waals surface area contributed by atoms with Crippen molar-refractivity contribution in [3.63, 3.8) is 0 Å². The van der Waals surface area contributed by atoms with Crippen LogP contribution >= 0.6 is 23.2 Å². The number of nitrogens with zero attached hydrogens (tertiary/aromatic N) is 8. The van der Waals surface area contributed by atoms with Crippen LogP contribution in [0.3, 0.4) is 0 Å². The molecular weight excluding hydrogens is 1450 g/mol. The first-order chi connectivity index (χ1) is 49.7. The third kappa shape index (κ3) is 21.3. The molecule has 0 saturated carbocycles. The molecule has 4 atom stereocenters. The van der Waals surface area contributed by atoms with Crippen molar-refractivity contribution in [1.29, 1.82) is 10.5 Å². The van der Waals surface area contributed by atoms with Gasteiger partial charge in [-0.3, -0.25) is 19.4 Å². The number of piperazine rings is 2. The Hall–Kier alpha value is -7.32. The highest BCUT2D eigenvalue weighted by atomic mass is 35.5. The molecule has 4 aliphatic heterocycles. The van der Waals surface area contributed by atoms with Gasteiger partial charge in [0.15, 0.2) is 0 Å². The molecule has 36 heteroatoms. The van der Waals surface area contributed by atoms with Crippen molar-refractivity contribution < 1.29 is 81.3 Å². The summed E-state index contributed by atoms with van der Waals surface area (Å²) in [5.74, 6) is -3.13. The largest absolute Gasteiger partial charge is 0.484 e. The first-order valence-electron chi connectivity index (χ1n) is 34.5. The number of benzene rings is 4. The Balaban J connectivity index is 0.524. The number of hydrogen-bond donors (Lipinski definition) is 6. The van der Waals surface area contributed by atoms with E-state index < -0.39 is 68.5 Å². The van der Waals surface area contributed by atoms with Crippen molar-refractivity contribution in [2.24, 2.45) is 0 Å². The van der Waals surface area contributed by atoms with Crippen molar-refractivity contribution in [1.82, 2.24) is 60.1 Å². The molecule has 566 valence electrons. The standard InChI is InChI=1S/C68H84Cl2F6N14O12S2/c69-47-37-45(43-77)55-41-59(87-23-27-89(28-24-87)63(91)67(71,72)73)61(57(55)39-47)101-51-3-7-53(8-4-51)103(95,96)83-49-11-19-85(20-12-49)31-35-99-33-17-81-65(93)79-15-1-2-16-80-66(94)82-18-34-100-36-32-86-21-13-50(14-22-86)84-104(97,98)54-9-5-52(6-10-54)102-62-58-40-48(70)38-46(44-78)56(58)42-60(62)88-25-29-90(30-26-88)64(92)68(74,75)76/h3-10,37-40,49-50,59-62,83-84H,1-2,11-36,41-42H2,(H2,79,81,93)(H2,80,82,94)/t59-,60-,61-,62-/m0/s1. The molecule has 0 aromatic heterocycles. The molecule has 2 aliphatic carbocycles. The fourth-order valence-electron chi connectivity index (χ4n) is 14.0. The molecule has 6 amide bonds. The van der Waals surface area contributed by atoms with Gasteiger partial charge in [0.1, 0.15) is 23.7 Å². The molecule has 0 spiro atoms. The molecule has 10 rings (SSSR count). The summed E-state index contributed by atoms with van der Waals surface area (Å²) < 4.78 is 163. The van der Waals surface area contributed by atoms with Crippen molar-refractivity contribution in [2.75, 3.05) is 144 Å². The van der Waals surface area contributed by atoms with E-state index in [4.69, 9.17) is 42.1 Å². The third-order valence-corrected chi connectivity index (χ3v) is 23.0. The van der Waals surface area contributed by atoms with Gasteiger partial charge in [-0.1, -0.05) is 23.2 Å². The summed E-state index contributed by atoms with van der Waals surface area (Å²) in [6.45, 7) is 6.53. The molecule has 0 unspecified atom stereocenters. The zero-order chi connectivity index (χ0) is 74.3. The van der Waals surface area contributed by atoms with E-state index in [0.29, 0.717) is 172 Å². The molecule has 4 aromatic carbocycles. The van der Waals surface area contributed by atoms with Gasteiger partial charge < -0.3 is 59.8 Å². The number of nitrogens with one attached hydrogen (secondary N) is 6. The van der Waals surface area contributed by atoms with E-state index in [0.717, 1.165) is 9.80 Å². The number of sulfonamides is 2. The maximum absolute atomic E-state index is 13.5. The molecule has 0 bridgehead atoms. The second-order valence-electron chi connectivity index (χ2n) is 26.3. The molecule has 6 N–H and O–H groups in total. The highest BCUT2D eigenvalue weighted by molar-refractivity contribution is 7.89. The summed E-state index contributed by atoms with van der Waals surface area (Å²) >= 11 is 12.8. The van der Waals surface area contributed by atoms with Crippen LogP contribution in [0, 0.1) is 22.7 Å². The van der Waals surface area contributed by atoms with Crippen molar-refractivity contribution in [3.8, 4) is 23.6 Å². The topological polar surface area (TPSA) is 313 Å². The maximum Gasteiger partial charge on any atom is 0.471 e. The number of alkyl halides is 6. The molecule has 4 fully saturated rings. The number of halogens is 8. The summed E-state index contributed by atoms with van der Waals surface area (Å²) in [6, 6.07) is 20.5. The van der Waals surface area contributed by atoms with Crippen LogP contribution in [-0.4, -0.2) is 251 Å². The highest BCUT2D eigenvalue weighted by Crippen LogP contribution is 2.44. The Kier molecular flexibility index (Phi) is 27.3. The monoisotopic (exact) mass is 1540 g/mol. The number of nitriles is 2. The van der Waals surface area contributed by atoms with Crippen LogP contribution < -0.4 is 40.2 Å². The summed E-state index contributed by atoms with van der Waals surface area (Å²) in [6.07, 6.45) is -7.15. The number of carbonyl (C=O) groups excluding carboxylic acids is 4. The first-order valence-corrected chi connectivity index (χ1v) is 38.3. The molecule has 104 heavy (non-hydrogen) atoms. The fourth-order valence-corrected chi connectivity index (χ4v) is 17.0. The molecular formula is C68H84Cl2F6N14O12S2. The maximum atomic E-state index is 13.5. The van der Waals surface area contributed by atoms with Gasteiger partial charge in [0, 0.05) is 114 Å². The Morgan fingerprint density at radius 1 is 0.490 bits per heavy atom. The van der Waals surface area contributed by atoms with Gasteiger partial charge in [0.2, 0.25) is 20.0 Å². The van der Waals surface area contributed by atoms with Gasteiger partial charge in [0.25, 0.3) is 0 Å². The molecule has 0 radical (unpaired) electrons. The van der Waals surface area contributed by atoms with Crippen LogP contribution in [0.1, 0.15) is 84.1 Å². The predicted octanol–water partition coefficient (Wildman–Crippen LogP) is 5.84. The van der Waals surface area contributed by atoms with Crippen LogP contribution in [0.4, 0.5) is 35.9 Å². The number of likely N-dealkylation sites (tertiary alicyclic amines) is 2. The van der Waals surface area contributed by atoms with Crippen molar-refractivity contribution in [3.05, 3.63) is 116 Å². The number of urea groups is 2. The number of rotatable bonds is 29. The molecule has 4 aromatic rings. The zero-order valence-corrected chi connectivity index (χ0v) is 60.1. The second-order valence-corrected chi connectivity index (χ2v) is 30.6. The summed E-state index contributed by atoms with van der Waals surface area (Å²) in [4.78, 5) is 58.3. The Bertz CT molecular complexity index is 3710. The number of hydrogen-bond acceptors (Lipinski definition) is 18. The van der Waals surface area contributed by atoms with E-state index >= 15 is 0 Å². The first kappa shape index (κ1) is 79.2. The third-order valence-electron chi connectivity index (χ3n) is 19.5. The predicted molar refractivity (Wildman–Crippen MR) is 369 cm³/mol. The van der Waals surface area contributed by atoms with E-state index in [1.807, 2.05) is 9.80 Å². The number of unbranched alkanes of at least 4 members (excludes halogenated alkanes) is 1. The van der Waals surface area contributed by atoms with Gasteiger partial charge >= 0.3 is 36.2 Å². The van der Waals surface area contributed by atoms with Crippen molar-refractivity contribution >= 4 is 67.1 Å². The van der Waals surface area contributed by atoms with E-state index in [2.05, 4.69) is 52.6 Å². The SMILES string of the molecule is N#Cc1cc(Cl)cc2c1C[C@H](N1CCN(C(=O)C(F)(F)F)CC1)[C@H]2Oc1ccc(S(=O)(=O)NC2CCN(CCOCCNC(=O)NCCCCNC(=O)NCCOCCN3CCC(NS(=O)(=O)c4ccc(O[C@H]5c6cc(Cl)cc(C#N)c6C[C@@H]5N5CCN(C(=O)C(F)(F)F)CC5)cc4)CC3)CC2)cc1. The Morgan fingerprint density at radius 3 is 1.17 bits per heavy atom. The smallest absolute Gasteiger partial charge is 0.471 e. The normalized spacial score (nSPS) is 20.4. The lowest BCUT2D eigenvalue weighted by Gasteiger charge is -2.40. The van der Waals surface area contributed by atoms with Crippen LogP contribution in [-0.2, 0) is 52.0 Å². The Morgan fingerprint density at radius 2 is 0.837 bits per heavy atom. The minimum atomic E-state index is -4.98.